The number of amides is 1. The van der Waals surface area contributed by atoms with E-state index in [-0.39, 0.29) is 5.92 Å². The fourth-order valence-corrected chi connectivity index (χ4v) is 3.63. The minimum atomic E-state index is 0.0208. The lowest BCUT2D eigenvalue weighted by Crippen LogP contribution is -2.37. The normalized spacial score (nSPS) is 20.7. The standard InChI is InChI=1S/C18H32N4O/c1-13(12-17-14(2)19-21(6)15(17)3)18(23)22-10-7-8-16(9-11-22)20(4)5/h13,16H,7-12H2,1-6H3/t13-,16-/m1/s1. The van der Waals surface area contributed by atoms with Crippen LogP contribution in [0.1, 0.15) is 43.1 Å². The minimum Gasteiger partial charge on any atom is -0.342 e. The largest absolute Gasteiger partial charge is 0.342 e. The molecule has 1 aliphatic heterocycles. The van der Waals surface area contributed by atoms with Crippen molar-refractivity contribution >= 4 is 5.91 Å². The van der Waals surface area contributed by atoms with E-state index in [0.717, 1.165) is 38.0 Å². The van der Waals surface area contributed by atoms with Crippen molar-refractivity contribution in [1.82, 2.24) is 19.6 Å². The Kier molecular flexibility index (Phi) is 5.84. The van der Waals surface area contributed by atoms with Crippen LogP contribution in [0.2, 0.25) is 0 Å². The lowest BCUT2D eigenvalue weighted by molar-refractivity contribution is -0.134. The van der Waals surface area contributed by atoms with E-state index in [0.29, 0.717) is 11.9 Å². The Morgan fingerprint density at radius 3 is 2.57 bits per heavy atom. The van der Waals surface area contributed by atoms with E-state index < -0.39 is 0 Å². The Labute approximate surface area is 140 Å². The number of nitrogens with zero attached hydrogens (tertiary/aromatic N) is 4. The third-order valence-corrected chi connectivity index (χ3v) is 5.33. The van der Waals surface area contributed by atoms with Crippen molar-refractivity contribution in [3.05, 3.63) is 17.0 Å². The van der Waals surface area contributed by atoms with Crippen molar-refractivity contribution in [3.8, 4) is 0 Å². The number of carbonyl (C=O) groups is 1. The number of aromatic nitrogens is 2. The van der Waals surface area contributed by atoms with Crippen molar-refractivity contribution in [3.63, 3.8) is 0 Å². The molecule has 130 valence electrons. The summed E-state index contributed by atoms with van der Waals surface area (Å²) in [6.07, 6.45) is 4.16. The van der Waals surface area contributed by atoms with Crippen molar-refractivity contribution in [1.29, 1.82) is 0 Å². The monoisotopic (exact) mass is 320 g/mol. The molecular formula is C18H32N4O. The number of aryl methyl sites for hydroxylation is 2. The van der Waals surface area contributed by atoms with Gasteiger partial charge in [-0.25, -0.2) is 0 Å². The van der Waals surface area contributed by atoms with Gasteiger partial charge in [0, 0.05) is 37.8 Å². The SMILES string of the molecule is Cc1nn(C)c(C)c1C[C@@H](C)C(=O)N1CCC[C@@H](N(C)C)CC1. The number of hydrogen-bond donors (Lipinski definition) is 0. The fourth-order valence-electron chi connectivity index (χ4n) is 3.63. The smallest absolute Gasteiger partial charge is 0.225 e. The summed E-state index contributed by atoms with van der Waals surface area (Å²) in [5, 5.41) is 4.47. The second-order valence-corrected chi connectivity index (χ2v) is 7.25. The average Bonchev–Trinajstić information content (AvgIpc) is 2.72. The molecule has 1 aromatic heterocycles. The van der Waals surface area contributed by atoms with Gasteiger partial charge < -0.3 is 9.80 Å². The molecule has 0 saturated carbocycles. The highest BCUT2D eigenvalue weighted by atomic mass is 16.2. The van der Waals surface area contributed by atoms with E-state index in [1.807, 2.05) is 18.7 Å². The van der Waals surface area contributed by atoms with Gasteiger partial charge in [-0.3, -0.25) is 9.48 Å². The second kappa shape index (κ2) is 7.47. The van der Waals surface area contributed by atoms with Crippen molar-refractivity contribution in [2.24, 2.45) is 13.0 Å². The molecule has 2 rings (SSSR count). The maximum Gasteiger partial charge on any atom is 0.225 e. The van der Waals surface area contributed by atoms with Gasteiger partial charge in [-0.05, 0) is 59.2 Å². The third-order valence-electron chi connectivity index (χ3n) is 5.33. The van der Waals surface area contributed by atoms with Gasteiger partial charge in [-0.2, -0.15) is 5.10 Å². The number of carbonyl (C=O) groups excluding carboxylic acids is 1. The van der Waals surface area contributed by atoms with Gasteiger partial charge >= 0.3 is 0 Å². The lowest BCUT2D eigenvalue weighted by Gasteiger charge is -2.25. The predicted octanol–water partition coefficient (Wildman–Crippen LogP) is 2.16. The highest BCUT2D eigenvalue weighted by Gasteiger charge is 2.26. The van der Waals surface area contributed by atoms with Crippen LogP contribution in [-0.4, -0.2) is 58.7 Å². The summed E-state index contributed by atoms with van der Waals surface area (Å²) >= 11 is 0. The Hall–Kier alpha value is -1.36. The first-order chi connectivity index (χ1) is 10.8. The van der Waals surface area contributed by atoms with Crippen LogP contribution in [0, 0.1) is 19.8 Å². The second-order valence-electron chi connectivity index (χ2n) is 7.25. The Bertz CT molecular complexity index is 549. The maximum absolute atomic E-state index is 12.8. The lowest BCUT2D eigenvalue weighted by atomic mass is 9.98. The quantitative estimate of drug-likeness (QED) is 0.854. The molecule has 2 heterocycles. The molecule has 1 fully saturated rings. The Balaban J connectivity index is 1.99. The van der Waals surface area contributed by atoms with Gasteiger partial charge in [0.05, 0.1) is 5.69 Å². The molecular weight excluding hydrogens is 288 g/mol. The van der Waals surface area contributed by atoms with E-state index in [1.54, 1.807) is 0 Å². The van der Waals surface area contributed by atoms with Gasteiger partial charge in [0.1, 0.15) is 0 Å². The first-order valence-corrected chi connectivity index (χ1v) is 8.75. The summed E-state index contributed by atoms with van der Waals surface area (Å²) in [4.78, 5) is 17.2. The van der Waals surface area contributed by atoms with Crippen LogP contribution in [0.25, 0.3) is 0 Å². The number of likely N-dealkylation sites (tertiary alicyclic amines) is 1. The van der Waals surface area contributed by atoms with Crippen LogP contribution in [0.4, 0.5) is 0 Å². The highest BCUT2D eigenvalue weighted by Crippen LogP contribution is 2.21. The van der Waals surface area contributed by atoms with E-state index in [1.165, 1.54) is 17.7 Å². The zero-order valence-electron chi connectivity index (χ0n) is 15.6. The average molecular weight is 320 g/mol. The first kappa shape index (κ1) is 18.0. The molecule has 1 aliphatic rings. The van der Waals surface area contributed by atoms with Crippen molar-refractivity contribution < 1.29 is 4.79 Å². The van der Waals surface area contributed by atoms with E-state index >= 15 is 0 Å². The molecule has 1 saturated heterocycles. The summed E-state index contributed by atoms with van der Waals surface area (Å²) < 4.78 is 1.91. The molecule has 5 heteroatoms. The van der Waals surface area contributed by atoms with Gasteiger partial charge in [-0.1, -0.05) is 6.92 Å². The maximum atomic E-state index is 12.8. The fraction of sp³-hybridized carbons (Fsp3) is 0.778. The topological polar surface area (TPSA) is 41.4 Å². The van der Waals surface area contributed by atoms with Crippen LogP contribution in [-0.2, 0) is 18.3 Å². The molecule has 2 atom stereocenters. The molecule has 0 bridgehead atoms. The summed E-state index contributed by atoms with van der Waals surface area (Å²) in [6, 6.07) is 0.603. The molecule has 0 unspecified atom stereocenters. The molecule has 5 nitrogen and oxygen atoms in total. The van der Waals surface area contributed by atoms with Gasteiger partial charge in [0.15, 0.2) is 0 Å². The van der Waals surface area contributed by atoms with Gasteiger partial charge in [-0.15, -0.1) is 0 Å². The van der Waals surface area contributed by atoms with Crippen LogP contribution in [0.15, 0.2) is 0 Å². The molecule has 23 heavy (non-hydrogen) atoms. The summed E-state index contributed by atoms with van der Waals surface area (Å²) in [6.45, 7) is 7.96. The molecule has 0 aromatic carbocycles. The number of rotatable bonds is 4. The molecule has 0 spiro atoms. The zero-order chi connectivity index (χ0) is 17.1. The summed E-state index contributed by atoms with van der Waals surface area (Å²) in [5.41, 5.74) is 3.45. The van der Waals surface area contributed by atoms with Crippen LogP contribution in [0.3, 0.4) is 0 Å². The van der Waals surface area contributed by atoms with Crippen molar-refractivity contribution in [2.75, 3.05) is 27.2 Å². The first-order valence-electron chi connectivity index (χ1n) is 8.75. The molecule has 1 aromatic rings. The minimum absolute atomic E-state index is 0.0208. The van der Waals surface area contributed by atoms with Crippen molar-refractivity contribution in [2.45, 2.75) is 52.5 Å². The molecule has 0 aliphatic carbocycles. The van der Waals surface area contributed by atoms with Crippen LogP contribution in [0.5, 0.6) is 0 Å². The van der Waals surface area contributed by atoms with E-state index in [2.05, 4.69) is 42.8 Å². The third kappa shape index (κ3) is 4.14. The molecule has 0 N–H and O–H groups in total. The number of hydrogen-bond acceptors (Lipinski definition) is 3. The van der Waals surface area contributed by atoms with Gasteiger partial charge in [0.2, 0.25) is 5.91 Å². The summed E-state index contributed by atoms with van der Waals surface area (Å²) in [5.74, 6) is 0.319. The zero-order valence-corrected chi connectivity index (χ0v) is 15.6. The molecule has 1 amide bonds. The summed E-state index contributed by atoms with van der Waals surface area (Å²) in [7, 11) is 6.24. The Morgan fingerprint density at radius 1 is 1.30 bits per heavy atom. The molecule has 0 radical (unpaired) electrons. The van der Waals surface area contributed by atoms with Crippen LogP contribution < -0.4 is 0 Å². The van der Waals surface area contributed by atoms with E-state index in [4.69, 9.17) is 0 Å². The Morgan fingerprint density at radius 2 is 2.00 bits per heavy atom. The highest BCUT2D eigenvalue weighted by molar-refractivity contribution is 5.79. The predicted molar refractivity (Wildman–Crippen MR) is 93.5 cm³/mol. The van der Waals surface area contributed by atoms with Crippen LogP contribution >= 0.6 is 0 Å². The van der Waals surface area contributed by atoms with Gasteiger partial charge in [0.25, 0.3) is 0 Å². The van der Waals surface area contributed by atoms with E-state index in [9.17, 15) is 4.79 Å².